The lowest BCUT2D eigenvalue weighted by atomic mass is 9.87. The first kappa shape index (κ1) is 27.7. The Balaban J connectivity index is 6.76. The standard InChI is InChI=1S/C11H5F18/c1-2-4(14,15)6(18,19)8(22,23)10(26,27)11(28,29)9(24,25)7(20,21)5(16,17)3(12)13/h3H,1-2H2. The first-order chi connectivity index (χ1) is 12.3. The molecule has 1 radical (unpaired) electrons. The first-order valence-electron chi connectivity index (χ1n) is 6.35. The SMILES string of the molecule is [CH2]CC(F)(F)C(F)(F)C(F)(F)C(F)(F)C(F)(F)C(F)(F)C(F)(F)C(F)(F)C(F)F. The first-order valence-corrected chi connectivity index (χ1v) is 6.35. The summed E-state index contributed by atoms with van der Waals surface area (Å²) in [5.41, 5.74) is 0. The lowest BCUT2D eigenvalue weighted by Gasteiger charge is -2.43. The van der Waals surface area contributed by atoms with Crippen LogP contribution in [0.4, 0.5) is 79.0 Å². The molecule has 0 spiro atoms. The number of rotatable bonds is 9. The van der Waals surface area contributed by atoms with Crippen molar-refractivity contribution in [1.29, 1.82) is 0 Å². The van der Waals surface area contributed by atoms with Gasteiger partial charge in [0.15, 0.2) is 0 Å². The second-order valence-electron chi connectivity index (χ2n) is 5.32. The van der Waals surface area contributed by atoms with Crippen molar-refractivity contribution in [1.82, 2.24) is 0 Å². The second kappa shape index (κ2) is 6.88. The number of halogens is 18. The molecule has 18 heteroatoms. The van der Waals surface area contributed by atoms with Crippen molar-refractivity contribution in [2.24, 2.45) is 0 Å². The quantitative estimate of drug-likeness (QED) is 0.329. The van der Waals surface area contributed by atoms with Gasteiger partial charge in [-0.05, 0) is 6.92 Å². The molecule has 0 heterocycles. The van der Waals surface area contributed by atoms with E-state index in [0.717, 1.165) is 0 Å². The zero-order valence-corrected chi connectivity index (χ0v) is 12.8. The van der Waals surface area contributed by atoms with Gasteiger partial charge in [-0.1, -0.05) is 0 Å². The highest BCUT2D eigenvalue weighted by molar-refractivity contribution is 5.16. The molecule has 0 saturated carbocycles. The van der Waals surface area contributed by atoms with Crippen molar-refractivity contribution >= 4 is 0 Å². The molecule has 0 bridgehead atoms. The summed E-state index contributed by atoms with van der Waals surface area (Å²) in [7, 11) is 0. The van der Waals surface area contributed by atoms with Crippen LogP contribution in [0.15, 0.2) is 0 Å². The highest BCUT2D eigenvalue weighted by Crippen LogP contribution is 2.64. The molecular formula is C11H5F18. The zero-order valence-electron chi connectivity index (χ0n) is 12.8. The Labute approximate surface area is 147 Å². The highest BCUT2D eigenvalue weighted by Gasteiger charge is 2.95. The maximum absolute atomic E-state index is 13.2. The fourth-order valence-corrected chi connectivity index (χ4v) is 1.52. The molecule has 0 nitrogen and oxygen atoms in total. The molecule has 0 aliphatic rings. The maximum Gasteiger partial charge on any atom is 0.385 e. The zero-order chi connectivity index (χ0) is 24.3. The van der Waals surface area contributed by atoms with Crippen molar-refractivity contribution in [3.63, 3.8) is 0 Å². The van der Waals surface area contributed by atoms with Gasteiger partial charge < -0.3 is 0 Å². The van der Waals surface area contributed by atoms with Gasteiger partial charge in [0.1, 0.15) is 0 Å². The van der Waals surface area contributed by atoms with Crippen LogP contribution in [0.25, 0.3) is 0 Å². The van der Waals surface area contributed by atoms with Gasteiger partial charge in [0.2, 0.25) is 0 Å². The molecule has 0 atom stereocenters. The van der Waals surface area contributed by atoms with Gasteiger partial charge in [0, 0.05) is 6.42 Å². The van der Waals surface area contributed by atoms with E-state index in [1.54, 1.807) is 0 Å². The van der Waals surface area contributed by atoms with Crippen molar-refractivity contribution in [3.05, 3.63) is 6.92 Å². The Bertz CT molecular complexity index is 587. The van der Waals surface area contributed by atoms with E-state index in [2.05, 4.69) is 0 Å². The van der Waals surface area contributed by atoms with E-state index in [1.807, 2.05) is 6.92 Å². The van der Waals surface area contributed by atoms with E-state index in [-0.39, 0.29) is 0 Å². The molecule has 0 aromatic rings. The molecule has 0 aliphatic heterocycles. The number of hydrogen-bond donors (Lipinski definition) is 0. The fourth-order valence-electron chi connectivity index (χ4n) is 1.52. The van der Waals surface area contributed by atoms with Crippen molar-refractivity contribution in [2.75, 3.05) is 0 Å². The van der Waals surface area contributed by atoms with E-state index < -0.39 is 60.2 Å². The molecule has 0 saturated heterocycles. The Kier molecular flexibility index (Phi) is 6.58. The van der Waals surface area contributed by atoms with E-state index in [0.29, 0.717) is 0 Å². The van der Waals surface area contributed by atoms with Gasteiger partial charge in [-0.3, -0.25) is 0 Å². The van der Waals surface area contributed by atoms with Crippen LogP contribution in [0.3, 0.4) is 0 Å². The van der Waals surface area contributed by atoms with Gasteiger partial charge in [0.05, 0.1) is 0 Å². The van der Waals surface area contributed by atoms with Crippen LogP contribution >= 0.6 is 0 Å². The third-order valence-corrected chi connectivity index (χ3v) is 3.44. The number of hydrogen-bond acceptors (Lipinski definition) is 0. The third-order valence-electron chi connectivity index (χ3n) is 3.44. The molecule has 0 fully saturated rings. The summed E-state index contributed by atoms with van der Waals surface area (Å²) in [4.78, 5) is 0. The van der Waals surface area contributed by atoms with Gasteiger partial charge in [-0.15, -0.1) is 0 Å². The average molecular weight is 479 g/mol. The van der Waals surface area contributed by atoms with Gasteiger partial charge in [0.25, 0.3) is 0 Å². The average Bonchev–Trinajstić information content (AvgIpc) is 2.53. The van der Waals surface area contributed by atoms with E-state index in [4.69, 9.17) is 0 Å². The summed E-state index contributed by atoms with van der Waals surface area (Å²) >= 11 is 0. The van der Waals surface area contributed by atoms with E-state index in [1.165, 1.54) is 0 Å². The molecule has 0 amide bonds. The van der Waals surface area contributed by atoms with Crippen LogP contribution < -0.4 is 0 Å². The summed E-state index contributed by atoms with van der Waals surface area (Å²) < 4.78 is 231. The second-order valence-corrected chi connectivity index (χ2v) is 5.32. The third kappa shape index (κ3) is 3.27. The molecule has 0 N–H and O–H groups in total. The Morgan fingerprint density at radius 1 is 0.448 bits per heavy atom. The molecule has 0 rings (SSSR count). The molecule has 0 aromatic carbocycles. The smallest absolute Gasteiger partial charge is 0.203 e. The molecule has 0 aliphatic carbocycles. The molecule has 0 aromatic heterocycles. The molecule has 29 heavy (non-hydrogen) atoms. The van der Waals surface area contributed by atoms with E-state index in [9.17, 15) is 79.0 Å². The minimum atomic E-state index is -8.69. The molecule has 0 unspecified atom stereocenters. The molecular weight excluding hydrogens is 474 g/mol. The minimum Gasteiger partial charge on any atom is -0.203 e. The Hall–Kier alpha value is -1.26. The monoisotopic (exact) mass is 479 g/mol. The summed E-state index contributed by atoms with van der Waals surface area (Å²) in [5, 5.41) is 0. The normalized spacial score (nSPS) is 16.6. The predicted octanol–water partition coefficient (Wildman–Crippen LogP) is 6.56. The predicted molar refractivity (Wildman–Crippen MR) is 55.6 cm³/mol. The maximum atomic E-state index is 13.2. The topological polar surface area (TPSA) is 0 Å². The largest absolute Gasteiger partial charge is 0.385 e. The van der Waals surface area contributed by atoms with Crippen LogP contribution in [0.2, 0.25) is 0 Å². The fraction of sp³-hybridized carbons (Fsp3) is 0.909. The lowest BCUT2D eigenvalue weighted by Crippen LogP contribution is -2.75. The molecule has 175 valence electrons. The summed E-state index contributed by atoms with van der Waals surface area (Å²) in [6.07, 6.45) is -8.71. The van der Waals surface area contributed by atoms with Crippen LogP contribution in [-0.4, -0.2) is 53.8 Å². The van der Waals surface area contributed by atoms with Crippen LogP contribution in [0.5, 0.6) is 0 Å². The van der Waals surface area contributed by atoms with Crippen LogP contribution in [0, 0.1) is 6.92 Å². The summed E-state index contributed by atoms with van der Waals surface area (Å²) in [6.45, 7) is 1.87. The summed E-state index contributed by atoms with van der Waals surface area (Å²) in [5.74, 6) is -64.1. The highest BCUT2D eigenvalue weighted by atomic mass is 19.4. The van der Waals surface area contributed by atoms with Gasteiger partial charge in [-0.2, -0.15) is 70.2 Å². The number of alkyl halides is 18. The van der Waals surface area contributed by atoms with Crippen molar-refractivity contribution < 1.29 is 79.0 Å². The Morgan fingerprint density at radius 3 is 0.931 bits per heavy atom. The van der Waals surface area contributed by atoms with Gasteiger partial charge >= 0.3 is 53.8 Å². The summed E-state index contributed by atoms with van der Waals surface area (Å²) in [6, 6.07) is 0. The van der Waals surface area contributed by atoms with Crippen molar-refractivity contribution in [2.45, 2.75) is 60.2 Å². The minimum absolute atomic E-state index is 1.87. The van der Waals surface area contributed by atoms with E-state index >= 15 is 0 Å². The van der Waals surface area contributed by atoms with Crippen LogP contribution in [0.1, 0.15) is 6.42 Å². The van der Waals surface area contributed by atoms with Crippen LogP contribution in [-0.2, 0) is 0 Å². The lowest BCUT2D eigenvalue weighted by molar-refractivity contribution is -0.457. The van der Waals surface area contributed by atoms with Gasteiger partial charge in [-0.25, -0.2) is 8.78 Å². The van der Waals surface area contributed by atoms with Crippen molar-refractivity contribution in [3.8, 4) is 0 Å². The Morgan fingerprint density at radius 2 is 0.690 bits per heavy atom.